The number of carbonyl (C=O) groups excluding carboxylic acids is 1. The maximum absolute atomic E-state index is 11.5. The van der Waals surface area contributed by atoms with Crippen molar-refractivity contribution in [3.05, 3.63) is 60.1 Å². The predicted molar refractivity (Wildman–Crippen MR) is 63.5 cm³/mol. The van der Waals surface area contributed by atoms with Crippen LogP contribution < -0.4 is 0 Å². The lowest BCUT2D eigenvalue weighted by atomic mass is 10.2. The fourth-order valence-corrected chi connectivity index (χ4v) is 1.53. The van der Waals surface area contributed by atoms with E-state index in [9.17, 15) is 4.79 Å². The minimum atomic E-state index is 0.0577. The SMILES string of the molecule is O=C(COCc1ccccc1)Cc1ccoc1. The van der Waals surface area contributed by atoms with Crippen LogP contribution in [0.5, 0.6) is 0 Å². The first kappa shape index (κ1) is 11.6. The zero-order valence-electron chi connectivity index (χ0n) is 9.46. The van der Waals surface area contributed by atoms with Gasteiger partial charge >= 0.3 is 0 Å². The monoisotopic (exact) mass is 230 g/mol. The van der Waals surface area contributed by atoms with Crippen molar-refractivity contribution < 1.29 is 13.9 Å². The van der Waals surface area contributed by atoms with Crippen LogP contribution in [0.2, 0.25) is 0 Å². The van der Waals surface area contributed by atoms with Crippen molar-refractivity contribution >= 4 is 5.78 Å². The van der Waals surface area contributed by atoms with Gasteiger partial charge in [0.15, 0.2) is 5.78 Å². The largest absolute Gasteiger partial charge is 0.472 e. The average molecular weight is 230 g/mol. The second-order valence-electron chi connectivity index (χ2n) is 3.83. The highest BCUT2D eigenvalue weighted by atomic mass is 16.5. The lowest BCUT2D eigenvalue weighted by Gasteiger charge is -2.02. The maximum atomic E-state index is 11.5. The smallest absolute Gasteiger partial charge is 0.162 e. The highest BCUT2D eigenvalue weighted by molar-refractivity contribution is 5.81. The third-order valence-corrected chi connectivity index (χ3v) is 2.36. The molecule has 0 N–H and O–H groups in total. The molecule has 17 heavy (non-hydrogen) atoms. The first-order chi connectivity index (χ1) is 8.34. The molecule has 2 aromatic rings. The second kappa shape index (κ2) is 6.01. The molecular weight excluding hydrogens is 216 g/mol. The van der Waals surface area contributed by atoms with Gasteiger partial charge in [-0.25, -0.2) is 0 Å². The van der Waals surface area contributed by atoms with Gasteiger partial charge in [0.2, 0.25) is 0 Å². The van der Waals surface area contributed by atoms with Gasteiger partial charge in [0.05, 0.1) is 19.1 Å². The van der Waals surface area contributed by atoms with Crippen molar-refractivity contribution in [3.63, 3.8) is 0 Å². The molecule has 0 bridgehead atoms. The van der Waals surface area contributed by atoms with Gasteiger partial charge in [0, 0.05) is 6.42 Å². The lowest BCUT2D eigenvalue weighted by molar-refractivity contribution is -0.123. The van der Waals surface area contributed by atoms with E-state index in [1.54, 1.807) is 18.6 Å². The number of ether oxygens (including phenoxy) is 1. The molecule has 0 atom stereocenters. The van der Waals surface area contributed by atoms with E-state index in [4.69, 9.17) is 9.15 Å². The zero-order chi connectivity index (χ0) is 11.9. The minimum absolute atomic E-state index is 0.0577. The van der Waals surface area contributed by atoms with E-state index in [0.29, 0.717) is 13.0 Å². The summed E-state index contributed by atoms with van der Waals surface area (Å²) in [6.07, 6.45) is 3.51. The number of Topliss-reactive ketones (excluding diaryl/α,β-unsaturated/α-hetero) is 1. The number of furan rings is 1. The number of ketones is 1. The van der Waals surface area contributed by atoms with Crippen LogP contribution in [-0.2, 0) is 22.6 Å². The summed E-state index contributed by atoms with van der Waals surface area (Å²) in [6, 6.07) is 11.6. The molecule has 0 aliphatic heterocycles. The van der Waals surface area contributed by atoms with Crippen molar-refractivity contribution in [1.82, 2.24) is 0 Å². The van der Waals surface area contributed by atoms with Gasteiger partial charge in [-0.1, -0.05) is 30.3 Å². The maximum Gasteiger partial charge on any atom is 0.162 e. The minimum Gasteiger partial charge on any atom is -0.472 e. The Morgan fingerprint density at radius 1 is 1.12 bits per heavy atom. The Labute approximate surface area is 100 Å². The van der Waals surface area contributed by atoms with Gasteiger partial charge in [-0.3, -0.25) is 4.79 Å². The van der Waals surface area contributed by atoms with E-state index in [1.807, 2.05) is 30.3 Å². The van der Waals surface area contributed by atoms with Crippen LogP contribution in [-0.4, -0.2) is 12.4 Å². The number of benzene rings is 1. The van der Waals surface area contributed by atoms with Crippen molar-refractivity contribution in [2.45, 2.75) is 13.0 Å². The highest BCUT2D eigenvalue weighted by Crippen LogP contribution is 2.03. The van der Waals surface area contributed by atoms with Crippen molar-refractivity contribution in [2.75, 3.05) is 6.61 Å². The first-order valence-corrected chi connectivity index (χ1v) is 5.49. The van der Waals surface area contributed by atoms with E-state index < -0.39 is 0 Å². The van der Waals surface area contributed by atoms with E-state index in [1.165, 1.54) is 0 Å². The Kier molecular flexibility index (Phi) is 4.11. The normalized spacial score (nSPS) is 10.4. The number of carbonyl (C=O) groups is 1. The van der Waals surface area contributed by atoms with Crippen molar-refractivity contribution in [2.24, 2.45) is 0 Å². The third kappa shape index (κ3) is 3.89. The Balaban J connectivity index is 1.70. The van der Waals surface area contributed by atoms with Gasteiger partial charge in [-0.2, -0.15) is 0 Å². The van der Waals surface area contributed by atoms with Crippen LogP contribution in [0.15, 0.2) is 53.3 Å². The molecule has 0 spiro atoms. The van der Waals surface area contributed by atoms with Crippen molar-refractivity contribution in [1.29, 1.82) is 0 Å². The van der Waals surface area contributed by atoms with Crippen LogP contribution in [0, 0.1) is 0 Å². The molecule has 1 aromatic heterocycles. The Morgan fingerprint density at radius 3 is 2.65 bits per heavy atom. The van der Waals surface area contributed by atoms with E-state index in [2.05, 4.69) is 0 Å². The summed E-state index contributed by atoms with van der Waals surface area (Å²) in [4.78, 5) is 11.5. The molecule has 0 amide bonds. The van der Waals surface area contributed by atoms with E-state index >= 15 is 0 Å². The second-order valence-corrected chi connectivity index (χ2v) is 3.83. The van der Waals surface area contributed by atoms with Crippen LogP contribution in [0.25, 0.3) is 0 Å². The lowest BCUT2D eigenvalue weighted by Crippen LogP contribution is -2.11. The van der Waals surface area contributed by atoms with Crippen LogP contribution in [0.4, 0.5) is 0 Å². The zero-order valence-corrected chi connectivity index (χ0v) is 9.46. The molecule has 3 nitrogen and oxygen atoms in total. The molecule has 88 valence electrons. The summed E-state index contributed by atoms with van der Waals surface area (Å²) in [7, 11) is 0. The number of hydrogen-bond acceptors (Lipinski definition) is 3. The molecule has 0 aliphatic carbocycles. The van der Waals surface area contributed by atoms with Gasteiger partial charge in [0.1, 0.15) is 6.61 Å². The highest BCUT2D eigenvalue weighted by Gasteiger charge is 2.04. The summed E-state index contributed by atoms with van der Waals surface area (Å²) in [6.45, 7) is 0.609. The first-order valence-electron chi connectivity index (χ1n) is 5.49. The molecule has 0 saturated heterocycles. The van der Waals surface area contributed by atoms with Gasteiger partial charge in [0.25, 0.3) is 0 Å². The summed E-state index contributed by atoms with van der Waals surface area (Å²) >= 11 is 0. The molecule has 0 fully saturated rings. The Bertz CT molecular complexity index is 446. The molecule has 0 saturated carbocycles. The van der Waals surface area contributed by atoms with Crippen molar-refractivity contribution in [3.8, 4) is 0 Å². The Hall–Kier alpha value is -1.87. The Morgan fingerprint density at radius 2 is 1.94 bits per heavy atom. The summed E-state index contributed by atoms with van der Waals surface area (Å²) in [5.74, 6) is 0.0577. The standard InChI is InChI=1S/C14H14O3/c15-14(8-13-6-7-16-10-13)11-17-9-12-4-2-1-3-5-12/h1-7,10H,8-9,11H2. The fraction of sp³-hybridized carbons (Fsp3) is 0.214. The quantitative estimate of drug-likeness (QED) is 0.765. The average Bonchev–Trinajstić information content (AvgIpc) is 2.83. The molecular formula is C14H14O3. The molecule has 0 aliphatic rings. The molecule has 1 heterocycles. The summed E-state index contributed by atoms with van der Waals surface area (Å²) in [5, 5.41) is 0. The van der Waals surface area contributed by atoms with Gasteiger partial charge in [-0.15, -0.1) is 0 Å². The topological polar surface area (TPSA) is 39.4 Å². The fourth-order valence-electron chi connectivity index (χ4n) is 1.53. The number of hydrogen-bond donors (Lipinski definition) is 0. The third-order valence-electron chi connectivity index (χ3n) is 2.36. The summed E-state index contributed by atoms with van der Waals surface area (Å²) in [5.41, 5.74) is 1.96. The molecule has 0 radical (unpaired) electrons. The van der Waals surface area contributed by atoms with Crippen LogP contribution in [0.1, 0.15) is 11.1 Å². The predicted octanol–water partition coefficient (Wildman–Crippen LogP) is 2.61. The summed E-state index contributed by atoms with van der Waals surface area (Å²) < 4.78 is 10.2. The number of rotatable bonds is 6. The molecule has 1 aromatic carbocycles. The van der Waals surface area contributed by atoms with Crippen LogP contribution >= 0.6 is 0 Å². The van der Waals surface area contributed by atoms with Gasteiger partial charge in [-0.05, 0) is 17.2 Å². The molecule has 3 heteroatoms. The van der Waals surface area contributed by atoms with Gasteiger partial charge < -0.3 is 9.15 Å². The van der Waals surface area contributed by atoms with E-state index in [0.717, 1.165) is 11.1 Å². The van der Waals surface area contributed by atoms with Crippen LogP contribution in [0.3, 0.4) is 0 Å². The molecule has 2 rings (SSSR count). The molecule has 0 unspecified atom stereocenters. The van der Waals surface area contributed by atoms with E-state index in [-0.39, 0.29) is 12.4 Å².